The summed E-state index contributed by atoms with van der Waals surface area (Å²) in [5, 5.41) is 21.7. The summed E-state index contributed by atoms with van der Waals surface area (Å²) in [5.74, 6) is 0.179. The van der Waals surface area contributed by atoms with Crippen LogP contribution in [0.1, 0.15) is 38.1 Å². The summed E-state index contributed by atoms with van der Waals surface area (Å²) >= 11 is 0. The van der Waals surface area contributed by atoms with Crippen LogP contribution >= 0.6 is 0 Å². The van der Waals surface area contributed by atoms with E-state index in [2.05, 4.69) is 0 Å². The molecule has 0 saturated heterocycles. The molecule has 1 fully saturated rings. The van der Waals surface area contributed by atoms with Crippen LogP contribution in [0.5, 0.6) is 11.9 Å². The smallest absolute Gasteiger partial charge is 0.459 e. The molecule has 0 amide bonds. The highest BCUT2D eigenvalue weighted by Gasteiger charge is 2.37. The van der Waals surface area contributed by atoms with E-state index in [9.17, 15) is 10.2 Å². The molecule has 0 unspecified atom stereocenters. The number of fused-ring (bicyclic) bond motifs is 1. The Morgan fingerprint density at radius 2 is 1.74 bits per heavy atom. The quantitative estimate of drug-likeness (QED) is 0.769. The highest BCUT2D eigenvalue weighted by molar-refractivity contribution is 5.79. The Hall–Kier alpha value is -1.84. The van der Waals surface area contributed by atoms with Gasteiger partial charge in [0.2, 0.25) is 5.52 Å². The summed E-state index contributed by atoms with van der Waals surface area (Å²) < 4.78 is 3.44. The van der Waals surface area contributed by atoms with Crippen LogP contribution in [0.15, 0.2) is 24.3 Å². The first kappa shape index (κ1) is 12.2. The van der Waals surface area contributed by atoms with Crippen molar-refractivity contribution < 1.29 is 19.3 Å². The third kappa shape index (κ3) is 1.91. The summed E-state index contributed by atoms with van der Waals surface area (Å²) in [7, 11) is 1.83. The van der Waals surface area contributed by atoms with E-state index in [4.69, 9.17) is 0 Å². The van der Waals surface area contributed by atoms with Crippen LogP contribution in [0.2, 0.25) is 0 Å². The van der Waals surface area contributed by atoms with Crippen molar-refractivity contribution in [2.45, 2.75) is 38.1 Å². The second-order valence-corrected chi connectivity index (χ2v) is 5.36. The van der Waals surface area contributed by atoms with Gasteiger partial charge >= 0.3 is 11.9 Å². The Morgan fingerprint density at radius 1 is 1.05 bits per heavy atom. The van der Waals surface area contributed by atoms with Crippen molar-refractivity contribution in [1.29, 1.82) is 0 Å². The summed E-state index contributed by atoms with van der Waals surface area (Å²) in [6.07, 6.45) is 5.60. The largest absolute Gasteiger partial charge is 0.632 e. The van der Waals surface area contributed by atoms with Gasteiger partial charge in [0.25, 0.3) is 0 Å². The van der Waals surface area contributed by atoms with Crippen molar-refractivity contribution in [2.24, 2.45) is 7.05 Å². The maximum atomic E-state index is 10.5. The van der Waals surface area contributed by atoms with Crippen LogP contribution in [-0.2, 0) is 7.05 Å². The Labute approximate surface area is 112 Å². The molecule has 1 saturated carbocycles. The summed E-state index contributed by atoms with van der Waals surface area (Å²) in [6, 6.07) is 7.94. The molecule has 0 atom stereocenters. The number of benzene rings is 1. The summed E-state index contributed by atoms with van der Waals surface area (Å²) in [5.41, 5.74) is 0.838. The van der Waals surface area contributed by atoms with Gasteiger partial charge in [-0.2, -0.15) is 0 Å². The van der Waals surface area contributed by atoms with Crippen LogP contribution in [0.3, 0.4) is 0 Å². The lowest BCUT2D eigenvalue weighted by atomic mass is 9.95. The lowest BCUT2D eigenvalue weighted by molar-refractivity contribution is -0.827. The van der Waals surface area contributed by atoms with Crippen LogP contribution in [0, 0.1) is 0 Å². The van der Waals surface area contributed by atoms with E-state index < -0.39 is 0 Å². The Kier molecular flexibility index (Phi) is 3.01. The zero-order chi connectivity index (χ0) is 13.4. The fourth-order valence-electron chi connectivity index (χ4n) is 3.12. The Balaban J connectivity index is 2.23. The van der Waals surface area contributed by atoms with Crippen molar-refractivity contribution in [3.63, 3.8) is 0 Å². The molecular weight excluding hydrogens is 240 g/mol. The van der Waals surface area contributed by atoms with E-state index in [1.54, 1.807) is 9.13 Å². The second kappa shape index (κ2) is 4.68. The van der Waals surface area contributed by atoms with Crippen LogP contribution in [-0.4, -0.2) is 10.2 Å². The van der Waals surface area contributed by atoms with Gasteiger partial charge in [-0.3, -0.25) is 0 Å². The Bertz CT molecular complexity index is 619. The van der Waals surface area contributed by atoms with Gasteiger partial charge in [-0.15, -0.1) is 4.57 Å². The highest BCUT2D eigenvalue weighted by Crippen LogP contribution is 2.29. The number of para-hydroxylation sites is 1. The molecule has 4 nitrogen and oxygen atoms in total. The van der Waals surface area contributed by atoms with Gasteiger partial charge in [0.05, 0.1) is 0 Å². The molecule has 1 heterocycles. The fourth-order valence-corrected chi connectivity index (χ4v) is 3.12. The molecule has 2 N–H and O–H groups in total. The average Bonchev–Trinajstić information content (AvgIpc) is 2.46. The fraction of sp³-hybridized carbons (Fsp3) is 0.467. The molecule has 100 valence electrons. The third-order valence-corrected chi connectivity index (χ3v) is 4.19. The SMILES string of the molecule is C[n+]1c(O)[n+](C2CCCCC2)c(O)c2ccccc21. The van der Waals surface area contributed by atoms with Crippen molar-refractivity contribution in [3.05, 3.63) is 24.3 Å². The van der Waals surface area contributed by atoms with Crippen molar-refractivity contribution in [2.75, 3.05) is 0 Å². The normalized spacial score (nSPS) is 16.9. The van der Waals surface area contributed by atoms with Gasteiger partial charge < -0.3 is 10.2 Å². The van der Waals surface area contributed by atoms with Crippen molar-refractivity contribution in [3.8, 4) is 11.9 Å². The number of hydrogen-bond donors (Lipinski definition) is 2. The first-order chi connectivity index (χ1) is 9.20. The molecule has 2 aromatic rings. The first-order valence-electron chi connectivity index (χ1n) is 6.94. The van der Waals surface area contributed by atoms with Gasteiger partial charge in [0, 0.05) is 18.9 Å². The molecule has 19 heavy (non-hydrogen) atoms. The number of aromatic hydroxyl groups is 2. The molecule has 0 aliphatic heterocycles. The minimum Gasteiger partial charge on any atom is -0.459 e. The zero-order valence-corrected chi connectivity index (χ0v) is 11.2. The Morgan fingerprint density at radius 3 is 2.47 bits per heavy atom. The van der Waals surface area contributed by atoms with E-state index >= 15 is 0 Å². The minimum absolute atomic E-state index is 0.128. The molecule has 0 bridgehead atoms. The van der Waals surface area contributed by atoms with Crippen LogP contribution < -0.4 is 9.13 Å². The summed E-state index contributed by atoms with van der Waals surface area (Å²) in [4.78, 5) is 0. The molecule has 1 aromatic carbocycles. The molecule has 0 radical (unpaired) electrons. The molecule has 3 rings (SSSR count). The summed E-state index contributed by atoms with van der Waals surface area (Å²) in [6.45, 7) is 0. The highest BCUT2D eigenvalue weighted by atomic mass is 16.3. The second-order valence-electron chi connectivity index (χ2n) is 5.36. The molecule has 1 aliphatic carbocycles. The standard InChI is InChI=1S/C15H18N2O2/c1-16-13-10-6-5-9-12(13)14(18)17(15(16)19)11-7-3-2-4-8-11/h5-6,9-11H,2-4,7-8H2,1H3/p+2. The number of hydrogen-bond acceptors (Lipinski definition) is 2. The monoisotopic (exact) mass is 260 g/mol. The van der Waals surface area contributed by atoms with E-state index in [1.807, 2.05) is 31.3 Å². The third-order valence-electron chi connectivity index (χ3n) is 4.19. The number of aryl methyl sites for hydroxylation is 1. The van der Waals surface area contributed by atoms with Gasteiger partial charge in [0.1, 0.15) is 7.05 Å². The van der Waals surface area contributed by atoms with Crippen molar-refractivity contribution >= 4 is 10.9 Å². The molecule has 1 aliphatic rings. The van der Waals surface area contributed by atoms with Crippen LogP contribution in [0.25, 0.3) is 10.9 Å². The van der Waals surface area contributed by atoms with Gasteiger partial charge in [-0.1, -0.05) is 23.1 Å². The van der Waals surface area contributed by atoms with E-state index in [-0.39, 0.29) is 17.9 Å². The van der Waals surface area contributed by atoms with Gasteiger partial charge in [-0.25, -0.2) is 0 Å². The molecular formula is C15H20N2O2+2. The maximum absolute atomic E-state index is 10.5. The molecule has 4 heteroatoms. The molecule has 1 aromatic heterocycles. The lowest BCUT2D eigenvalue weighted by Gasteiger charge is -2.17. The van der Waals surface area contributed by atoms with Gasteiger partial charge in [0.15, 0.2) is 11.4 Å². The van der Waals surface area contributed by atoms with Gasteiger partial charge in [-0.05, 0) is 18.9 Å². The first-order valence-corrected chi connectivity index (χ1v) is 6.94. The number of nitrogens with zero attached hydrogens (tertiary/aromatic N) is 2. The predicted molar refractivity (Wildman–Crippen MR) is 70.8 cm³/mol. The molecule has 0 spiro atoms. The predicted octanol–water partition coefficient (Wildman–Crippen LogP) is 1.87. The van der Waals surface area contributed by atoms with Crippen molar-refractivity contribution in [1.82, 2.24) is 0 Å². The average molecular weight is 260 g/mol. The minimum atomic E-state index is 0.128. The van der Waals surface area contributed by atoms with E-state index in [1.165, 1.54) is 6.42 Å². The van der Waals surface area contributed by atoms with E-state index in [0.717, 1.165) is 36.6 Å². The topological polar surface area (TPSA) is 48.2 Å². The number of aromatic nitrogens is 2. The number of rotatable bonds is 1. The zero-order valence-electron chi connectivity index (χ0n) is 11.2. The maximum Gasteiger partial charge on any atom is 0.632 e. The lowest BCUT2D eigenvalue weighted by Crippen LogP contribution is -2.49. The van der Waals surface area contributed by atoms with E-state index in [0.29, 0.717) is 0 Å². The van der Waals surface area contributed by atoms with Crippen LogP contribution in [0.4, 0.5) is 0 Å².